The molecule has 3 aromatic carbocycles. The van der Waals surface area contributed by atoms with Crippen molar-refractivity contribution >= 4 is 29.0 Å². The van der Waals surface area contributed by atoms with Crippen LogP contribution in [0, 0.1) is 20.8 Å². The Labute approximate surface area is 221 Å². The van der Waals surface area contributed by atoms with Crippen LogP contribution in [0.15, 0.2) is 89.8 Å². The first kappa shape index (κ1) is 24.7. The largest absolute Gasteiger partial charge is 0.492 e. The maximum atomic E-state index is 13.0. The second-order valence-corrected chi connectivity index (χ2v) is 10.1. The number of benzene rings is 3. The summed E-state index contributed by atoms with van der Waals surface area (Å²) < 4.78 is 7.89. The van der Waals surface area contributed by atoms with E-state index < -0.39 is 0 Å². The van der Waals surface area contributed by atoms with Crippen LogP contribution in [0.3, 0.4) is 0 Å². The molecule has 0 aliphatic carbocycles. The zero-order valence-corrected chi connectivity index (χ0v) is 21.9. The van der Waals surface area contributed by atoms with Gasteiger partial charge in [-0.1, -0.05) is 60.2 Å². The van der Waals surface area contributed by atoms with Crippen LogP contribution in [0.5, 0.6) is 5.75 Å². The number of hydrogen-bond donors (Lipinski definition) is 0. The minimum atomic E-state index is -0.278. The van der Waals surface area contributed by atoms with Gasteiger partial charge in [0.2, 0.25) is 0 Å². The molecule has 186 valence electrons. The van der Waals surface area contributed by atoms with Gasteiger partial charge in [0.15, 0.2) is 0 Å². The summed E-state index contributed by atoms with van der Waals surface area (Å²) in [7, 11) is 0. The van der Waals surface area contributed by atoms with Gasteiger partial charge in [-0.2, -0.15) is 0 Å². The van der Waals surface area contributed by atoms with Crippen molar-refractivity contribution in [3.63, 3.8) is 0 Å². The minimum Gasteiger partial charge on any atom is -0.492 e. The van der Waals surface area contributed by atoms with E-state index >= 15 is 0 Å². The van der Waals surface area contributed by atoms with E-state index in [2.05, 4.69) is 47.0 Å². The fourth-order valence-corrected chi connectivity index (χ4v) is 5.34. The van der Waals surface area contributed by atoms with Gasteiger partial charge in [-0.3, -0.25) is 14.5 Å². The molecule has 2 heterocycles. The van der Waals surface area contributed by atoms with E-state index in [4.69, 9.17) is 4.74 Å². The maximum absolute atomic E-state index is 13.0. The number of hydrogen-bond acceptors (Lipinski definition) is 4. The second kappa shape index (κ2) is 10.5. The van der Waals surface area contributed by atoms with E-state index in [0.717, 1.165) is 51.3 Å². The molecule has 6 heteroatoms. The van der Waals surface area contributed by atoms with Crippen molar-refractivity contribution in [2.24, 2.45) is 0 Å². The molecule has 5 rings (SSSR count). The molecule has 0 bridgehead atoms. The number of rotatable bonds is 7. The van der Waals surface area contributed by atoms with Crippen molar-refractivity contribution in [2.45, 2.75) is 20.8 Å². The summed E-state index contributed by atoms with van der Waals surface area (Å²) in [5.74, 6) is 0.442. The third kappa shape index (κ3) is 5.25. The first-order valence-corrected chi connectivity index (χ1v) is 13.0. The monoisotopic (exact) mass is 508 g/mol. The van der Waals surface area contributed by atoms with Gasteiger partial charge >= 0.3 is 0 Å². The van der Waals surface area contributed by atoms with Gasteiger partial charge in [-0.05, 0) is 85.6 Å². The van der Waals surface area contributed by atoms with Crippen LogP contribution >= 0.6 is 11.8 Å². The van der Waals surface area contributed by atoms with Crippen LogP contribution in [-0.2, 0) is 4.79 Å². The predicted molar refractivity (Wildman–Crippen MR) is 150 cm³/mol. The number of ether oxygens (including phenoxy) is 1. The number of thioether (sulfide) groups is 1. The number of aromatic nitrogens is 1. The Bertz CT molecular complexity index is 1470. The Balaban J connectivity index is 1.30. The van der Waals surface area contributed by atoms with Crippen LogP contribution < -0.4 is 4.74 Å². The highest BCUT2D eigenvalue weighted by molar-refractivity contribution is 8.18. The fourth-order valence-electron chi connectivity index (χ4n) is 4.49. The van der Waals surface area contributed by atoms with Crippen LogP contribution in [0.4, 0.5) is 4.79 Å². The Hall–Kier alpha value is -4.03. The predicted octanol–water partition coefficient (Wildman–Crippen LogP) is 7.18. The van der Waals surface area contributed by atoms with Crippen molar-refractivity contribution in [2.75, 3.05) is 13.2 Å². The zero-order chi connectivity index (χ0) is 25.9. The van der Waals surface area contributed by atoms with Gasteiger partial charge in [0.05, 0.1) is 11.4 Å². The molecule has 0 radical (unpaired) electrons. The molecule has 0 N–H and O–H groups in total. The molecule has 0 spiro atoms. The zero-order valence-electron chi connectivity index (χ0n) is 21.1. The van der Waals surface area contributed by atoms with Crippen LogP contribution in [0.2, 0.25) is 0 Å². The summed E-state index contributed by atoms with van der Waals surface area (Å²) in [4.78, 5) is 27.3. The topological polar surface area (TPSA) is 51.5 Å². The summed E-state index contributed by atoms with van der Waals surface area (Å²) in [5.41, 5.74) is 7.53. The molecular formula is C31H28N2O3S. The van der Waals surface area contributed by atoms with E-state index in [1.54, 1.807) is 0 Å². The fraction of sp³-hybridized carbons (Fsp3) is 0.161. The first-order valence-electron chi connectivity index (χ1n) is 12.2. The van der Waals surface area contributed by atoms with Gasteiger partial charge in [0.25, 0.3) is 11.1 Å². The molecule has 1 aliphatic heterocycles. The SMILES string of the molecule is Cc1ccc(OCCN2C(=O)S/C(=C\c3cc(C)n(-c4ccc(-c5ccccc5)cc4)c3C)C2=O)cc1. The molecule has 1 aromatic heterocycles. The number of aryl methyl sites for hydroxylation is 2. The number of carbonyl (C=O) groups excluding carboxylic acids is 2. The first-order chi connectivity index (χ1) is 17.9. The third-order valence-corrected chi connectivity index (χ3v) is 7.38. The Morgan fingerprint density at radius 1 is 0.838 bits per heavy atom. The van der Waals surface area contributed by atoms with Crippen molar-refractivity contribution in [1.29, 1.82) is 0 Å². The van der Waals surface area contributed by atoms with Gasteiger partial charge in [-0.25, -0.2) is 0 Å². The van der Waals surface area contributed by atoms with Gasteiger partial charge in [0.1, 0.15) is 12.4 Å². The third-order valence-electron chi connectivity index (χ3n) is 6.47. The van der Waals surface area contributed by atoms with Gasteiger partial charge in [-0.15, -0.1) is 0 Å². The quantitative estimate of drug-likeness (QED) is 0.248. The molecule has 1 fully saturated rings. The smallest absolute Gasteiger partial charge is 0.293 e. The highest BCUT2D eigenvalue weighted by Crippen LogP contribution is 2.34. The molecule has 0 unspecified atom stereocenters. The summed E-state index contributed by atoms with van der Waals surface area (Å²) in [6, 6.07) is 28.5. The molecule has 4 aromatic rings. The highest BCUT2D eigenvalue weighted by atomic mass is 32.2. The Morgan fingerprint density at radius 3 is 2.22 bits per heavy atom. The Kier molecular flexibility index (Phi) is 7.01. The molecule has 5 nitrogen and oxygen atoms in total. The Morgan fingerprint density at radius 2 is 1.51 bits per heavy atom. The van der Waals surface area contributed by atoms with Crippen molar-refractivity contribution in [1.82, 2.24) is 9.47 Å². The number of amides is 2. The standard InChI is InChI=1S/C31H28N2O3S/c1-21-9-15-28(16-10-21)36-18-17-32-30(34)29(37-31(32)35)20-26-19-22(2)33(23(26)3)27-13-11-25(12-14-27)24-7-5-4-6-8-24/h4-16,19-20H,17-18H2,1-3H3/b29-20-. The van der Waals surface area contributed by atoms with Crippen LogP contribution in [-0.4, -0.2) is 33.8 Å². The van der Waals surface area contributed by atoms with Crippen molar-refractivity contribution in [3.8, 4) is 22.6 Å². The number of imide groups is 1. The molecular weight excluding hydrogens is 480 g/mol. The van der Waals surface area contributed by atoms with Crippen molar-refractivity contribution in [3.05, 3.63) is 112 Å². The van der Waals surface area contributed by atoms with E-state index in [-0.39, 0.29) is 24.3 Å². The van der Waals surface area contributed by atoms with E-state index in [1.165, 1.54) is 10.5 Å². The minimum absolute atomic E-state index is 0.211. The average Bonchev–Trinajstić information content (AvgIpc) is 3.34. The number of nitrogens with zero attached hydrogens (tertiary/aromatic N) is 2. The van der Waals surface area contributed by atoms with Gasteiger partial charge in [0, 0.05) is 17.1 Å². The molecule has 1 saturated heterocycles. The maximum Gasteiger partial charge on any atom is 0.293 e. The summed E-state index contributed by atoms with van der Waals surface area (Å²) in [6.07, 6.45) is 1.82. The van der Waals surface area contributed by atoms with Gasteiger partial charge < -0.3 is 9.30 Å². The van der Waals surface area contributed by atoms with Crippen LogP contribution in [0.25, 0.3) is 22.9 Å². The van der Waals surface area contributed by atoms with E-state index in [0.29, 0.717) is 4.91 Å². The molecule has 0 atom stereocenters. The molecule has 37 heavy (non-hydrogen) atoms. The van der Waals surface area contributed by atoms with Crippen LogP contribution in [0.1, 0.15) is 22.5 Å². The molecule has 0 saturated carbocycles. The summed E-state index contributed by atoms with van der Waals surface area (Å²) in [6.45, 7) is 6.55. The summed E-state index contributed by atoms with van der Waals surface area (Å²) >= 11 is 0.978. The normalized spacial score (nSPS) is 14.6. The molecule has 1 aliphatic rings. The lowest BCUT2D eigenvalue weighted by Crippen LogP contribution is -2.32. The lowest BCUT2D eigenvalue weighted by Gasteiger charge is -2.13. The highest BCUT2D eigenvalue weighted by Gasteiger charge is 2.35. The lowest BCUT2D eigenvalue weighted by molar-refractivity contribution is -0.123. The van der Waals surface area contributed by atoms with E-state index in [1.807, 2.05) is 69.3 Å². The average molecular weight is 509 g/mol. The molecule has 2 amide bonds. The number of carbonyl (C=O) groups is 2. The second-order valence-electron chi connectivity index (χ2n) is 9.07. The lowest BCUT2D eigenvalue weighted by atomic mass is 10.1. The van der Waals surface area contributed by atoms with E-state index in [9.17, 15) is 9.59 Å². The summed E-state index contributed by atoms with van der Waals surface area (Å²) in [5, 5.41) is -0.269. The van der Waals surface area contributed by atoms with Crippen molar-refractivity contribution < 1.29 is 14.3 Å².